The summed E-state index contributed by atoms with van der Waals surface area (Å²) in [5.74, 6) is 0.520. The van der Waals surface area contributed by atoms with Crippen molar-refractivity contribution in [3.8, 4) is 5.75 Å². The van der Waals surface area contributed by atoms with Crippen LogP contribution in [0.2, 0.25) is 10.0 Å². The average Bonchev–Trinajstić information content (AvgIpc) is 2.60. The molecule has 0 fully saturated rings. The maximum atomic E-state index is 11.3. The van der Waals surface area contributed by atoms with E-state index in [0.29, 0.717) is 34.4 Å². The average molecular weight is 447 g/mol. The van der Waals surface area contributed by atoms with Crippen LogP contribution in [0.1, 0.15) is 12.5 Å². The van der Waals surface area contributed by atoms with Crippen molar-refractivity contribution in [3.05, 3.63) is 58.1 Å². The molecule has 0 radical (unpaired) electrons. The van der Waals surface area contributed by atoms with Crippen LogP contribution in [0.4, 0.5) is 5.69 Å². The van der Waals surface area contributed by atoms with Crippen LogP contribution in [0.15, 0.2) is 42.5 Å². The van der Waals surface area contributed by atoms with E-state index >= 15 is 0 Å². The number of sulfonamides is 1. The highest BCUT2D eigenvalue weighted by molar-refractivity contribution is 7.92. The molecular weight excluding hydrogens is 423 g/mol. The van der Waals surface area contributed by atoms with Gasteiger partial charge in [-0.15, -0.1) is 0 Å². The molecule has 0 aliphatic heterocycles. The van der Waals surface area contributed by atoms with Gasteiger partial charge in [-0.1, -0.05) is 29.3 Å². The minimum atomic E-state index is -3.34. The zero-order chi connectivity index (χ0) is 20.9. The van der Waals surface area contributed by atoms with Crippen molar-refractivity contribution in [2.24, 2.45) is 0 Å². The zero-order valence-electron chi connectivity index (χ0n) is 15.9. The summed E-state index contributed by atoms with van der Waals surface area (Å²) in [6.07, 6.45) is 0.477. The van der Waals surface area contributed by atoms with Gasteiger partial charge < -0.3 is 9.84 Å². The number of halogens is 2. The van der Waals surface area contributed by atoms with Crippen LogP contribution >= 0.6 is 23.2 Å². The number of rotatable bonds is 9. The number of anilines is 1. The predicted molar refractivity (Wildman–Crippen MR) is 114 cm³/mol. The smallest absolute Gasteiger partial charge is 0.229 e. The summed E-state index contributed by atoms with van der Waals surface area (Å²) in [6, 6.07) is 12.0. The summed E-state index contributed by atoms with van der Waals surface area (Å²) < 4.78 is 30.8. The van der Waals surface area contributed by atoms with Gasteiger partial charge in [0.2, 0.25) is 10.0 Å². The Hall–Kier alpha value is -1.51. The molecule has 0 spiro atoms. The highest BCUT2D eigenvalue weighted by Gasteiger charge is 2.22. The lowest BCUT2D eigenvalue weighted by atomic mass is 10.1. The molecule has 0 heterocycles. The first kappa shape index (κ1) is 22.8. The van der Waals surface area contributed by atoms with Gasteiger partial charge in [-0.05, 0) is 62.4 Å². The Morgan fingerprint density at radius 1 is 1.14 bits per heavy atom. The van der Waals surface area contributed by atoms with E-state index in [1.807, 2.05) is 24.1 Å². The molecule has 2 atom stereocenters. The lowest BCUT2D eigenvalue weighted by molar-refractivity contribution is -0.0457. The van der Waals surface area contributed by atoms with Crippen LogP contribution in [0.5, 0.6) is 5.75 Å². The molecule has 0 aliphatic rings. The molecule has 2 aromatic carbocycles. The normalized spacial score (nSPS) is 14.0. The maximum absolute atomic E-state index is 11.3. The maximum Gasteiger partial charge on any atom is 0.229 e. The second-order valence-corrected chi connectivity index (χ2v) is 9.19. The molecule has 0 aliphatic carbocycles. The summed E-state index contributed by atoms with van der Waals surface area (Å²) >= 11 is 12.0. The van der Waals surface area contributed by atoms with Crippen LogP contribution in [0.25, 0.3) is 0 Å². The van der Waals surface area contributed by atoms with Gasteiger partial charge >= 0.3 is 0 Å². The molecule has 28 heavy (non-hydrogen) atoms. The molecule has 0 bridgehead atoms. The minimum absolute atomic E-state index is 0.441. The molecule has 6 nitrogen and oxygen atoms in total. The molecule has 0 aromatic heterocycles. The molecule has 9 heteroatoms. The van der Waals surface area contributed by atoms with Crippen LogP contribution in [-0.2, 0) is 16.4 Å². The number of aliphatic hydroxyl groups is 1. The lowest BCUT2D eigenvalue weighted by Gasteiger charge is -2.30. The zero-order valence-corrected chi connectivity index (χ0v) is 18.2. The van der Waals surface area contributed by atoms with E-state index in [9.17, 15) is 13.5 Å². The molecule has 0 amide bonds. The number of hydrogen-bond acceptors (Lipinski definition) is 5. The molecule has 2 rings (SSSR count). The molecule has 0 saturated heterocycles. The number of nitrogens with zero attached hydrogens (tertiary/aromatic N) is 1. The van der Waals surface area contributed by atoms with E-state index in [1.54, 1.807) is 37.3 Å². The number of nitrogens with one attached hydrogen (secondary N) is 1. The Bertz CT molecular complexity index is 889. The number of aliphatic hydroxyl groups excluding tert-OH is 1. The number of benzene rings is 2. The largest absolute Gasteiger partial charge is 0.472 e. The Morgan fingerprint density at radius 2 is 1.79 bits per heavy atom. The highest BCUT2D eigenvalue weighted by atomic mass is 35.5. The van der Waals surface area contributed by atoms with Crippen molar-refractivity contribution in [3.63, 3.8) is 0 Å². The fourth-order valence-electron chi connectivity index (χ4n) is 2.64. The number of ether oxygens (including phenoxy) is 1. The third-order valence-electron chi connectivity index (χ3n) is 4.00. The molecule has 2 unspecified atom stereocenters. The molecule has 2 N–H and O–H groups in total. The first-order valence-corrected chi connectivity index (χ1v) is 11.3. The first-order valence-electron chi connectivity index (χ1n) is 8.62. The predicted octanol–water partition coefficient (Wildman–Crippen LogP) is 3.63. The van der Waals surface area contributed by atoms with E-state index < -0.39 is 22.4 Å². The summed E-state index contributed by atoms with van der Waals surface area (Å²) in [5.41, 5.74) is 1.47. The van der Waals surface area contributed by atoms with Gasteiger partial charge in [0.15, 0.2) is 6.23 Å². The SMILES string of the molecule is CC(O)C(Oc1ccc(NS(C)(=O)=O)cc1)N(C)CCc1ccc(Cl)c(Cl)c1. The van der Waals surface area contributed by atoms with Crippen LogP contribution in [0, 0.1) is 0 Å². The Kier molecular flexibility index (Phi) is 7.97. The second-order valence-electron chi connectivity index (χ2n) is 6.63. The molecular formula is C19H24Cl2N2O4S. The summed E-state index contributed by atoms with van der Waals surface area (Å²) in [6.45, 7) is 2.28. The van der Waals surface area contributed by atoms with Crippen molar-refractivity contribution in [2.75, 3.05) is 24.6 Å². The molecule has 2 aromatic rings. The van der Waals surface area contributed by atoms with Gasteiger partial charge in [0.1, 0.15) is 11.9 Å². The van der Waals surface area contributed by atoms with Crippen molar-refractivity contribution in [2.45, 2.75) is 25.7 Å². The van der Waals surface area contributed by atoms with Gasteiger partial charge in [-0.25, -0.2) is 8.42 Å². The Morgan fingerprint density at radius 3 is 2.32 bits per heavy atom. The van der Waals surface area contributed by atoms with E-state index in [1.165, 1.54) is 0 Å². The van der Waals surface area contributed by atoms with Crippen molar-refractivity contribution >= 4 is 38.9 Å². The highest BCUT2D eigenvalue weighted by Crippen LogP contribution is 2.23. The number of likely N-dealkylation sites (N-methyl/N-ethyl adjacent to an activating group) is 1. The third kappa shape index (κ3) is 7.14. The van der Waals surface area contributed by atoms with E-state index in [-0.39, 0.29) is 0 Å². The van der Waals surface area contributed by atoms with E-state index in [0.717, 1.165) is 11.8 Å². The standard InChI is InChI=1S/C19H24Cl2N2O4S/c1-13(24)19(23(2)11-10-14-4-9-17(20)18(21)12-14)27-16-7-5-15(6-8-16)22-28(3,25)26/h4-9,12-13,19,22,24H,10-11H2,1-3H3. The van der Waals surface area contributed by atoms with Gasteiger partial charge in [-0.2, -0.15) is 0 Å². The van der Waals surface area contributed by atoms with E-state index in [4.69, 9.17) is 27.9 Å². The van der Waals surface area contributed by atoms with Gasteiger partial charge in [0, 0.05) is 12.2 Å². The van der Waals surface area contributed by atoms with E-state index in [2.05, 4.69) is 4.72 Å². The van der Waals surface area contributed by atoms with Crippen molar-refractivity contribution < 1.29 is 18.3 Å². The van der Waals surface area contributed by atoms with Gasteiger partial charge in [0.05, 0.1) is 16.3 Å². The quantitative estimate of drug-likeness (QED) is 0.574. The summed E-state index contributed by atoms with van der Waals surface area (Å²) in [5, 5.41) is 11.2. The molecule has 0 saturated carbocycles. The fraction of sp³-hybridized carbons (Fsp3) is 0.368. The van der Waals surface area contributed by atoms with Crippen molar-refractivity contribution in [1.29, 1.82) is 0 Å². The number of hydrogen-bond donors (Lipinski definition) is 2. The Labute approximate surface area is 176 Å². The summed E-state index contributed by atoms with van der Waals surface area (Å²) in [7, 11) is -1.48. The van der Waals surface area contributed by atoms with Crippen LogP contribution < -0.4 is 9.46 Å². The minimum Gasteiger partial charge on any atom is -0.472 e. The summed E-state index contributed by atoms with van der Waals surface area (Å²) in [4.78, 5) is 1.90. The van der Waals surface area contributed by atoms with Crippen LogP contribution in [-0.4, -0.2) is 50.6 Å². The van der Waals surface area contributed by atoms with Crippen molar-refractivity contribution in [1.82, 2.24) is 4.90 Å². The van der Waals surface area contributed by atoms with Gasteiger partial charge in [-0.3, -0.25) is 9.62 Å². The van der Waals surface area contributed by atoms with Crippen LogP contribution in [0.3, 0.4) is 0 Å². The van der Waals surface area contributed by atoms with Gasteiger partial charge in [0.25, 0.3) is 0 Å². The fourth-order valence-corrected chi connectivity index (χ4v) is 3.52. The monoisotopic (exact) mass is 446 g/mol. The lowest BCUT2D eigenvalue weighted by Crippen LogP contribution is -2.45. The topological polar surface area (TPSA) is 78.9 Å². The Balaban J connectivity index is 2.00. The molecule has 154 valence electrons. The second kappa shape index (κ2) is 9.80. The third-order valence-corrected chi connectivity index (χ3v) is 5.34. The first-order chi connectivity index (χ1) is 13.0.